The number of nitro benzene ring substituents is 1. The maximum absolute atomic E-state index is 11.5. The molecule has 0 radical (unpaired) electrons. The second-order valence-corrected chi connectivity index (χ2v) is 5.88. The molecule has 5 heteroatoms. The Morgan fingerprint density at radius 1 is 1.29 bits per heavy atom. The molecule has 0 spiro atoms. The summed E-state index contributed by atoms with van der Waals surface area (Å²) in [6, 6.07) is 14.8. The summed E-state index contributed by atoms with van der Waals surface area (Å²) in [7, 11) is 0. The van der Waals surface area contributed by atoms with Crippen molar-refractivity contribution in [2.45, 2.75) is 25.5 Å². The van der Waals surface area contributed by atoms with E-state index in [4.69, 9.17) is 4.74 Å². The van der Waals surface area contributed by atoms with Gasteiger partial charge in [-0.15, -0.1) is 0 Å². The van der Waals surface area contributed by atoms with Crippen molar-refractivity contribution in [3.05, 3.63) is 76.4 Å². The summed E-state index contributed by atoms with van der Waals surface area (Å²) in [5.74, 6) is 0.487. The van der Waals surface area contributed by atoms with Crippen molar-refractivity contribution >= 4 is 11.3 Å². The average Bonchev–Trinajstić information content (AvgIpc) is 3.14. The van der Waals surface area contributed by atoms with Crippen molar-refractivity contribution in [2.24, 2.45) is 0 Å². The molecule has 1 aliphatic rings. The van der Waals surface area contributed by atoms with E-state index in [1.54, 1.807) is 12.1 Å². The molecule has 0 amide bonds. The van der Waals surface area contributed by atoms with Gasteiger partial charge in [-0.1, -0.05) is 36.9 Å². The van der Waals surface area contributed by atoms with E-state index in [1.165, 1.54) is 6.07 Å². The van der Waals surface area contributed by atoms with E-state index in [0.29, 0.717) is 17.9 Å². The minimum Gasteiger partial charge on any atom is -0.489 e. The van der Waals surface area contributed by atoms with Gasteiger partial charge in [-0.25, -0.2) is 0 Å². The Hall–Kier alpha value is -2.66. The highest BCUT2D eigenvalue weighted by atomic mass is 16.6. The highest BCUT2D eigenvalue weighted by Crippen LogP contribution is 2.33. The van der Waals surface area contributed by atoms with Crippen LogP contribution < -0.4 is 10.1 Å². The summed E-state index contributed by atoms with van der Waals surface area (Å²) in [4.78, 5) is 11.1. The number of benzene rings is 2. The first-order valence-corrected chi connectivity index (χ1v) is 8.03. The Labute approximate surface area is 141 Å². The zero-order chi connectivity index (χ0) is 16.9. The lowest BCUT2D eigenvalue weighted by atomic mass is 9.97. The van der Waals surface area contributed by atoms with Crippen LogP contribution in [0.5, 0.6) is 5.75 Å². The number of nitrogens with zero attached hydrogens (tertiary/aromatic N) is 1. The van der Waals surface area contributed by atoms with Gasteiger partial charge in [-0.2, -0.15) is 0 Å². The Balaban J connectivity index is 1.79. The molecule has 0 saturated carbocycles. The van der Waals surface area contributed by atoms with Crippen molar-refractivity contribution in [2.75, 3.05) is 6.54 Å². The van der Waals surface area contributed by atoms with Crippen molar-refractivity contribution in [1.29, 1.82) is 0 Å². The molecule has 2 aromatic rings. The lowest BCUT2D eigenvalue weighted by molar-refractivity contribution is -0.385. The van der Waals surface area contributed by atoms with Gasteiger partial charge < -0.3 is 10.1 Å². The summed E-state index contributed by atoms with van der Waals surface area (Å²) in [6.45, 7) is 5.37. The minimum atomic E-state index is -0.370. The van der Waals surface area contributed by atoms with E-state index in [9.17, 15) is 10.1 Å². The van der Waals surface area contributed by atoms with Crippen LogP contribution in [0.3, 0.4) is 0 Å². The van der Waals surface area contributed by atoms with E-state index < -0.39 is 0 Å². The fourth-order valence-electron chi connectivity index (χ4n) is 2.93. The van der Waals surface area contributed by atoms with E-state index in [-0.39, 0.29) is 16.7 Å². The lowest BCUT2D eigenvalue weighted by Crippen LogP contribution is -2.22. The van der Waals surface area contributed by atoms with Crippen LogP contribution in [0.25, 0.3) is 5.57 Å². The third kappa shape index (κ3) is 3.63. The summed E-state index contributed by atoms with van der Waals surface area (Å²) in [6.07, 6.45) is 2.03. The van der Waals surface area contributed by atoms with Gasteiger partial charge in [0, 0.05) is 6.04 Å². The molecule has 0 bridgehead atoms. The third-order valence-electron chi connectivity index (χ3n) is 4.24. The van der Waals surface area contributed by atoms with E-state index in [2.05, 4.69) is 11.9 Å². The van der Waals surface area contributed by atoms with Gasteiger partial charge in [0.2, 0.25) is 0 Å². The fourth-order valence-corrected chi connectivity index (χ4v) is 2.93. The molecule has 1 unspecified atom stereocenters. The standard InChI is InChI=1S/C19H20N2O3/c1-14(18-8-5-11-20-18)17-10-9-16(12-19(17)21(22)23)24-13-15-6-3-2-4-7-15/h2-4,6-7,9-10,12,18,20H,1,5,8,11,13H2. The normalized spacial score (nSPS) is 16.8. The lowest BCUT2D eigenvalue weighted by Gasteiger charge is -2.15. The largest absolute Gasteiger partial charge is 0.489 e. The molecule has 1 saturated heterocycles. The molecule has 5 nitrogen and oxygen atoms in total. The van der Waals surface area contributed by atoms with Gasteiger partial charge in [0.15, 0.2) is 0 Å². The maximum Gasteiger partial charge on any atom is 0.280 e. The summed E-state index contributed by atoms with van der Waals surface area (Å²) in [5.41, 5.74) is 2.41. The quantitative estimate of drug-likeness (QED) is 0.646. The molecule has 1 aliphatic heterocycles. The molecule has 1 heterocycles. The zero-order valence-electron chi connectivity index (χ0n) is 13.4. The molecule has 24 heavy (non-hydrogen) atoms. The number of nitrogens with one attached hydrogen (secondary N) is 1. The van der Waals surface area contributed by atoms with Gasteiger partial charge >= 0.3 is 0 Å². The molecule has 1 N–H and O–H groups in total. The first-order valence-electron chi connectivity index (χ1n) is 8.03. The van der Waals surface area contributed by atoms with Crippen LogP contribution in [-0.4, -0.2) is 17.5 Å². The van der Waals surface area contributed by atoms with Gasteiger partial charge in [0.1, 0.15) is 12.4 Å². The predicted molar refractivity (Wildman–Crippen MR) is 93.9 cm³/mol. The highest BCUT2D eigenvalue weighted by molar-refractivity contribution is 5.75. The fraction of sp³-hybridized carbons (Fsp3) is 0.263. The summed E-state index contributed by atoms with van der Waals surface area (Å²) in [5, 5.41) is 14.8. The molecule has 0 aliphatic carbocycles. The van der Waals surface area contributed by atoms with Gasteiger partial charge in [0.05, 0.1) is 16.6 Å². The number of rotatable bonds is 6. The monoisotopic (exact) mass is 324 g/mol. The van der Waals surface area contributed by atoms with Crippen molar-refractivity contribution in [3.8, 4) is 5.75 Å². The van der Waals surface area contributed by atoms with Crippen molar-refractivity contribution in [3.63, 3.8) is 0 Å². The third-order valence-corrected chi connectivity index (χ3v) is 4.24. The molecule has 0 aromatic heterocycles. The number of nitro groups is 1. The predicted octanol–water partition coefficient (Wildman–Crippen LogP) is 3.94. The first kappa shape index (κ1) is 16.2. The number of ether oxygens (including phenoxy) is 1. The molecule has 124 valence electrons. The molecular weight excluding hydrogens is 304 g/mol. The minimum absolute atomic E-state index is 0.0410. The Morgan fingerprint density at radius 3 is 2.75 bits per heavy atom. The second-order valence-electron chi connectivity index (χ2n) is 5.88. The molecule has 1 atom stereocenters. The first-order chi connectivity index (χ1) is 11.6. The number of hydrogen-bond acceptors (Lipinski definition) is 4. The highest BCUT2D eigenvalue weighted by Gasteiger charge is 2.24. The molecule has 1 fully saturated rings. The van der Waals surface area contributed by atoms with Crippen LogP contribution in [-0.2, 0) is 6.61 Å². The van der Waals surface area contributed by atoms with Crippen LogP contribution >= 0.6 is 0 Å². The van der Waals surface area contributed by atoms with E-state index in [0.717, 1.165) is 30.5 Å². The summed E-state index contributed by atoms with van der Waals surface area (Å²) >= 11 is 0. The Bertz CT molecular complexity index is 738. The molecule has 2 aromatic carbocycles. The van der Waals surface area contributed by atoms with E-state index in [1.807, 2.05) is 30.3 Å². The van der Waals surface area contributed by atoms with Crippen LogP contribution in [0.4, 0.5) is 5.69 Å². The zero-order valence-corrected chi connectivity index (χ0v) is 13.4. The van der Waals surface area contributed by atoms with Crippen molar-refractivity contribution in [1.82, 2.24) is 5.32 Å². The van der Waals surface area contributed by atoms with Gasteiger partial charge in [0.25, 0.3) is 5.69 Å². The SMILES string of the molecule is C=C(c1ccc(OCc2ccccc2)cc1[N+](=O)[O-])C1CCCN1. The topological polar surface area (TPSA) is 64.4 Å². The number of hydrogen-bond donors (Lipinski definition) is 1. The summed E-state index contributed by atoms with van der Waals surface area (Å²) < 4.78 is 5.69. The van der Waals surface area contributed by atoms with Gasteiger partial charge in [-0.05, 0) is 42.7 Å². The smallest absolute Gasteiger partial charge is 0.280 e. The van der Waals surface area contributed by atoms with Crippen molar-refractivity contribution < 1.29 is 9.66 Å². The molecular formula is C19H20N2O3. The Morgan fingerprint density at radius 2 is 2.08 bits per heavy atom. The maximum atomic E-state index is 11.5. The second kappa shape index (κ2) is 7.27. The molecule has 3 rings (SSSR count). The van der Waals surface area contributed by atoms with E-state index >= 15 is 0 Å². The van der Waals surface area contributed by atoms with Crippen LogP contribution in [0.1, 0.15) is 24.0 Å². The Kier molecular flexibility index (Phi) is 4.91. The van der Waals surface area contributed by atoms with Crippen LogP contribution in [0.2, 0.25) is 0 Å². The average molecular weight is 324 g/mol. The van der Waals surface area contributed by atoms with Crippen LogP contribution in [0.15, 0.2) is 55.1 Å². The van der Waals surface area contributed by atoms with Crippen LogP contribution in [0, 0.1) is 10.1 Å². The van der Waals surface area contributed by atoms with Gasteiger partial charge in [-0.3, -0.25) is 10.1 Å².